The van der Waals surface area contributed by atoms with Gasteiger partial charge >= 0.3 is 5.97 Å². The Kier molecular flexibility index (Phi) is 4.39. The van der Waals surface area contributed by atoms with Crippen LogP contribution in [-0.2, 0) is 16.1 Å². The molecule has 5 heteroatoms. The molecule has 2 rings (SSSR count). The third kappa shape index (κ3) is 3.17. The molecule has 0 fully saturated rings. The molecule has 0 atom stereocenters. The Morgan fingerprint density at radius 2 is 2.10 bits per heavy atom. The average Bonchev–Trinajstić information content (AvgIpc) is 2.40. The first-order chi connectivity index (χ1) is 9.49. The highest BCUT2D eigenvalue weighted by molar-refractivity contribution is 7.80. The Morgan fingerprint density at radius 1 is 1.35 bits per heavy atom. The van der Waals surface area contributed by atoms with Gasteiger partial charge in [0.1, 0.15) is 6.61 Å². The topological polar surface area (TPSA) is 50.4 Å². The van der Waals surface area contributed by atoms with E-state index in [-0.39, 0.29) is 12.6 Å². The van der Waals surface area contributed by atoms with E-state index in [4.69, 9.17) is 17.0 Å². The molecular weight excluding hydrogens is 272 g/mol. The van der Waals surface area contributed by atoms with Crippen LogP contribution in [0.15, 0.2) is 29.5 Å². The molecule has 0 bridgehead atoms. The van der Waals surface area contributed by atoms with Crippen molar-refractivity contribution in [1.82, 2.24) is 10.6 Å². The molecule has 0 radical (unpaired) electrons. The van der Waals surface area contributed by atoms with Crippen molar-refractivity contribution in [3.05, 3.63) is 46.2 Å². The SMILES string of the molecule is CC1=C(C(=O)OCc2cccc(C)c2C)CNC(=S)N1. The zero-order valence-corrected chi connectivity index (χ0v) is 12.7. The molecule has 0 saturated heterocycles. The molecule has 1 aliphatic rings. The average molecular weight is 290 g/mol. The fourth-order valence-corrected chi connectivity index (χ4v) is 2.24. The van der Waals surface area contributed by atoms with Gasteiger partial charge in [-0.2, -0.15) is 0 Å². The highest BCUT2D eigenvalue weighted by Crippen LogP contribution is 2.15. The second-order valence-electron chi connectivity index (χ2n) is 4.85. The molecule has 0 aromatic heterocycles. The van der Waals surface area contributed by atoms with Crippen LogP contribution in [0.3, 0.4) is 0 Å². The molecule has 20 heavy (non-hydrogen) atoms. The van der Waals surface area contributed by atoms with Gasteiger partial charge in [-0.05, 0) is 49.7 Å². The predicted molar refractivity (Wildman–Crippen MR) is 82.1 cm³/mol. The summed E-state index contributed by atoms with van der Waals surface area (Å²) in [5, 5.41) is 6.39. The van der Waals surface area contributed by atoms with E-state index in [1.165, 1.54) is 5.56 Å². The number of thiocarbonyl (C=S) groups is 1. The Bertz CT molecular complexity index is 594. The molecule has 0 saturated carbocycles. The number of hydrogen-bond acceptors (Lipinski definition) is 3. The summed E-state index contributed by atoms with van der Waals surface area (Å²) in [5.74, 6) is -0.314. The van der Waals surface area contributed by atoms with Crippen molar-refractivity contribution < 1.29 is 9.53 Å². The number of rotatable bonds is 3. The molecule has 0 aliphatic carbocycles. The Morgan fingerprint density at radius 3 is 2.80 bits per heavy atom. The van der Waals surface area contributed by atoms with E-state index in [0.29, 0.717) is 17.2 Å². The summed E-state index contributed by atoms with van der Waals surface area (Å²) in [5.41, 5.74) is 4.72. The van der Waals surface area contributed by atoms with Gasteiger partial charge in [-0.15, -0.1) is 0 Å². The Hall–Kier alpha value is -1.88. The van der Waals surface area contributed by atoms with Crippen LogP contribution in [-0.4, -0.2) is 17.6 Å². The number of carbonyl (C=O) groups is 1. The molecule has 106 valence electrons. The maximum absolute atomic E-state index is 12.1. The standard InChI is InChI=1S/C15H18N2O2S/c1-9-5-4-6-12(10(9)2)8-19-14(18)13-7-16-15(20)17-11(13)3/h4-6H,7-8H2,1-3H3,(H2,16,17,20). The number of aryl methyl sites for hydroxylation is 1. The molecule has 2 N–H and O–H groups in total. The van der Waals surface area contributed by atoms with Gasteiger partial charge in [0, 0.05) is 5.70 Å². The number of ether oxygens (including phenoxy) is 1. The van der Waals surface area contributed by atoms with Crippen LogP contribution in [0.5, 0.6) is 0 Å². The number of benzene rings is 1. The molecule has 0 spiro atoms. The molecule has 1 aromatic rings. The van der Waals surface area contributed by atoms with Gasteiger partial charge in [0.15, 0.2) is 5.11 Å². The normalized spacial score (nSPS) is 14.7. The van der Waals surface area contributed by atoms with Crippen molar-refractivity contribution in [2.24, 2.45) is 0 Å². The summed E-state index contributed by atoms with van der Waals surface area (Å²) in [7, 11) is 0. The van der Waals surface area contributed by atoms with Crippen LogP contribution < -0.4 is 10.6 Å². The first kappa shape index (κ1) is 14.5. The van der Waals surface area contributed by atoms with Crippen molar-refractivity contribution in [3.63, 3.8) is 0 Å². The summed E-state index contributed by atoms with van der Waals surface area (Å²) in [6.45, 7) is 6.59. The predicted octanol–water partition coefficient (Wildman–Crippen LogP) is 2.10. The van der Waals surface area contributed by atoms with E-state index in [9.17, 15) is 4.79 Å². The quantitative estimate of drug-likeness (QED) is 0.659. The van der Waals surface area contributed by atoms with Gasteiger partial charge in [-0.3, -0.25) is 0 Å². The van der Waals surface area contributed by atoms with Gasteiger partial charge in [-0.25, -0.2) is 4.79 Å². The van der Waals surface area contributed by atoms with Crippen LogP contribution in [0, 0.1) is 13.8 Å². The summed E-state index contributed by atoms with van der Waals surface area (Å²) >= 11 is 4.99. The minimum Gasteiger partial charge on any atom is -0.457 e. The summed E-state index contributed by atoms with van der Waals surface area (Å²) in [4.78, 5) is 12.1. The maximum Gasteiger partial charge on any atom is 0.337 e. The van der Waals surface area contributed by atoms with E-state index in [1.807, 2.05) is 39.0 Å². The summed E-state index contributed by atoms with van der Waals surface area (Å²) in [6.07, 6.45) is 0. The third-order valence-corrected chi connectivity index (χ3v) is 3.75. The Labute approximate surface area is 124 Å². The van der Waals surface area contributed by atoms with Gasteiger partial charge in [-0.1, -0.05) is 18.2 Å². The fourth-order valence-electron chi connectivity index (χ4n) is 2.02. The van der Waals surface area contributed by atoms with Gasteiger partial charge < -0.3 is 15.4 Å². The minimum absolute atomic E-state index is 0.285. The number of carbonyl (C=O) groups excluding carboxylic acids is 1. The van der Waals surface area contributed by atoms with Crippen molar-refractivity contribution in [3.8, 4) is 0 Å². The van der Waals surface area contributed by atoms with Crippen molar-refractivity contribution in [2.45, 2.75) is 27.4 Å². The van der Waals surface area contributed by atoms with Crippen LogP contribution in [0.4, 0.5) is 0 Å². The molecular formula is C15H18N2O2S. The molecule has 0 amide bonds. The van der Waals surface area contributed by atoms with Crippen molar-refractivity contribution in [2.75, 3.05) is 6.54 Å². The van der Waals surface area contributed by atoms with Gasteiger partial charge in [0.2, 0.25) is 0 Å². The lowest BCUT2D eigenvalue weighted by atomic mass is 10.0. The van der Waals surface area contributed by atoms with Gasteiger partial charge in [0.25, 0.3) is 0 Å². The first-order valence-electron chi connectivity index (χ1n) is 6.46. The monoisotopic (exact) mass is 290 g/mol. The second kappa shape index (κ2) is 6.05. The van der Waals surface area contributed by atoms with Crippen LogP contribution in [0.1, 0.15) is 23.6 Å². The fraction of sp³-hybridized carbons (Fsp3) is 0.333. The van der Waals surface area contributed by atoms with E-state index >= 15 is 0 Å². The van der Waals surface area contributed by atoms with Crippen molar-refractivity contribution >= 4 is 23.3 Å². The lowest BCUT2D eigenvalue weighted by Gasteiger charge is -2.21. The van der Waals surface area contributed by atoms with E-state index < -0.39 is 0 Å². The highest BCUT2D eigenvalue weighted by Gasteiger charge is 2.19. The minimum atomic E-state index is -0.314. The number of hydrogen-bond donors (Lipinski definition) is 2. The number of allylic oxidation sites excluding steroid dienone is 1. The smallest absolute Gasteiger partial charge is 0.337 e. The highest BCUT2D eigenvalue weighted by atomic mass is 32.1. The van der Waals surface area contributed by atoms with E-state index in [0.717, 1.165) is 16.8 Å². The number of nitrogens with one attached hydrogen (secondary N) is 2. The van der Waals surface area contributed by atoms with Crippen LogP contribution in [0.2, 0.25) is 0 Å². The lowest BCUT2D eigenvalue weighted by molar-refractivity contribution is -0.140. The molecule has 1 heterocycles. The largest absolute Gasteiger partial charge is 0.457 e. The maximum atomic E-state index is 12.1. The zero-order valence-electron chi connectivity index (χ0n) is 11.9. The molecule has 4 nitrogen and oxygen atoms in total. The van der Waals surface area contributed by atoms with Gasteiger partial charge in [0.05, 0.1) is 12.1 Å². The molecule has 1 aromatic carbocycles. The zero-order chi connectivity index (χ0) is 14.7. The summed E-state index contributed by atoms with van der Waals surface area (Å²) in [6, 6.07) is 5.99. The molecule has 0 unspecified atom stereocenters. The second-order valence-corrected chi connectivity index (χ2v) is 5.25. The Balaban J connectivity index is 2.04. The van der Waals surface area contributed by atoms with Crippen LogP contribution in [0.25, 0.3) is 0 Å². The summed E-state index contributed by atoms with van der Waals surface area (Å²) < 4.78 is 5.39. The van der Waals surface area contributed by atoms with Crippen LogP contribution >= 0.6 is 12.2 Å². The van der Waals surface area contributed by atoms with E-state index in [2.05, 4.69) is 10.6 Å². The third-order valence-electron chi connectivity index (χ3n) is 3.50. The van der Waals surface area contributed by atoms with Crippen molar-refractivity contribution in [1.29, 1.82) is 0 Å². The van der Waals surface area contributed by atoms with E-state index in [1.54, 1.807) is 0 Å². The molecule has 1 aliphatic heterocycles. The lowest BCUT2D eigenvalue weighted by Crippen LogP contribution is -2.42. The number of esters is 1. The first-order valence-corrected chi connectivity index (χ1v) is 6.86.